The average molecular weight is 358 g/mol. The van der Waals surface area contributed by atoms with E-state index in [1.165, 1.54) is 12.1 Å². The number of anilines is 1. The first-order chi connectivity index (χ1) is 11.2. The molecule has 0 spiro atoms. The summed E-state index contributed by atoms with van der Waals surface area (Å²) in [6.07, 6.45) is 1.89. The fourth-order valence-electron chi connectivity index (χ4n) is 1.85. The van der Waals surface area contributed by atoms with E-state index < -0.39 is 28.1 Å². The van der Waals surface area contributed by atoms with Crippen LogP contribution < -0.4 is 10.0 Å². The van der Waals surface area contributed by atoms with Crippen LogP contribution in [0.5, 0.6) is 0 Å². The maximum Gasteiger partial charge on any atom is 0.407 e. The minimum absolute atomic E-state index is 0.0529. The largest absolute Gasteiger partial charge is 0.480 e. The summed E-state index contributed by atoms with van der Waals surface area (Å²) in [4.78, 5) is 22.8. The van der Waals surface area contributed by atoms with Crippen molar-refractivity contribution in [2.45, 2.75) is 32.2 Å². The molecule has 0 bridgehead atoms. The van der Waals surface area contributed by atoms with Gasteiger partial charge in [0.25, 0.3) is 0 Å². The zero-order valence-electron chi connectivity index (χ0n) is 13.6. The second-order valence-electron chi connectivity index (χ2n) is 5.30. The number of nitrogens with one attached hydrogen (secondary N) is 2. The van der Waals surface area contributed by atoms with Crippen molar-refractivity contribution in [3.05, 3.63) is 29.8 Å². The maximum atomic E-state index is 11.6. The molecule has 9 heteroatoms. The number of carbonyl (C=O) groups excluding carboxylic acids is 1. The summed E-state index contributed by atoms with van der Waals surface area (Å²) in [6.45, 7) is 2.18. The lowest BCUT2D eigenvalue weighted by molar-refractivity contribution is -0.139. The number of alkyl carbamates (subject to hydrolysis) is 1. The maximum absolute atomic E-state index is 11.6. The molecule has 0 saturated carbocycles. The topological polar surface area (TPSA) is 122 Å². The monoisotopic (exact) mass is 358 g/mol. The Kier molecular flexibility index (Phi) is 7.50. The zero-order valence-corrected chi connectivity index (χ0v) is 14.4. The van der Waals surface area contributed by atoms with E-state index in [1.807, 2.05) is 6.92 Å². The lowest BCUT2D eigenvalue weighted by Gasteiger charge is -2.15. The van der Waals surface area contributed by atoms with Crippen molar-refractivity contribution in [3.8, 4) is 0 Å². The Balaban J connectivity index is 2.65. The Morgan fingerprint density at radius 1 is 1.25 bits per heavy atom. The van der Waals surface area contributed by atoms with E-state index in [9.17, 15) is 23.1 Å². The summed E-state index contributed by atoms with van der Waals surface area (Å²) in [7, 11) is -3.37. The number of unbranched alkanes of at least 4 members (excludes halogenated alkanes) is 1. The van der Waals surface area contributed by atoms with Crippen LogP contribution in [-0.2, 0) is 26.0 Å². The molecule has 134 valence electrons. The molecule has 0 aliphatic rings. The number of carboxylic acid groups (broad SMARTS) is 1. The predicted molar refractivity (Wildman–Crippen MR) is 89.4 cm³/mol. The molecule has 1 rings (SSSR count). The highest BCUT2D eigenvalue weighted by Gasteiger charge is 2.21. The first-order valence-corrected chi connectivity index (χ1v) is 9.33. The van der Waals surface area contributed by atoms with Gasteiger partial charge in [-0.15, -0.1) is 0 Å². The van der Waals surface area contributed by atoms with E-state index in [0.29, 0.717) is 17.7 Å². The SMILES string of the molecule is CCCCOC(=O)NC(Cc1ccc(NS(C)(=O)=O)cc1)C(=O)O. The molecule has 0 saturated heterocycles. The van der Waals surface area contributed by atoms with E-state index >= 15 is 0 Å². The van der Waals surface area contributed by atoms with Gasteiger partial charge in [0.1, 0.15) is 6.04 Å². The first-order valence-electron chi connectivity index (χ1n) is 7.44. The zero-order chi connectivity index (χ0) is 18.2. The van der Waals surface area contributed by atoms with Crippen LogP contribution in [0.2, 0.25) is 0 Å². The van der Waals surface area contributed by atoms with E-state index in [-0.39, 0.29) is 13.0 Å². The van der Waals surface area contributed by atoms with Gasteiger partial charge in [0.05, 0.1) is 12.9 Å². The molecule has 1 atom stereocenters. The van der Waals surface area contributed by atoms with Crippen LogP contribution in [0.25, 0.3) is 0 Å². The Morgan fingerprint density at radius 2 is 1.88 bits per heavy atom. The molecule has 1 aromatic rings. The number of carboxylic acids is 1. The summed E-state index contributed by atoms with van der Waals surface area (Å²) >= 11 is 0. The van der Waals surface area contributed by atoms with Gasteiger partial charge in [-0.3, -0.25) is 4.72 Å². The molecule has 1 amide bonds. The molecule has 0 aliphatic carbocycles. The number of hydrogen-bond donors (Lipinski definition) is 3. The van der Waals surface area contributed by atoms with Crippen molar-refractivity contribution in [3.63, 3.8) is 0 Å². The number of aliphatic carboxylic acids is 1. The van der Waals surface area contributed by atoms with Gasteiger partial charge in [0.15, 0.2) is 0 Å². The summed E-state index contributed by atoms with van der Waals surface area (Å²) < 4.78 is 29.5. The van der Waals surface area contributed by atoms with E-state index in [1.54, 1.807) is 12.1 Å². The quantitative estimate of drug-likeness (QED) is 0.576. The molecular formula is C15H22N2O6S. The third-order valence-corrected chi connectivity index (χ3v) is 3.62. The number of sulfonamides is 1. The second kappa shape index (κ2) is 9.11. The first kappa shape index (κ1) is 19.8. The van der Waals surface area contributed by atoms with Gasteiger partial charge >= 0.3 is 12.1 Å². The summed E-state index contributed by atoms with van der Waals surface area (Å²) in [5, 5.41) is 11.5. The van der Waals surface area contributed by atoms with Gasteiger partial charge in [-0.1, -0.05) is 25.5 Å². The van der Waals surface area contributed by atoms with Gasteiger partial charge in [-0.25, -0.2) is 18.0 Å². The molecule has 1 aromatic carbocycles. The predicted octanol–water partition coefficient (Wildman–Crippen LogP) is 1.58. The van der Waals surface area contributed by atoms with E-state index in [2.05, 4.69) is 10.0 Å². The van der Waals surface area contributed by atoms with Gasteiger partial charge in [-0.2, -0.15) is 0 Å². The number of ether oxygens (including phenoxy) is 1. The highest BCUT2D eigenvalue weighted by Crippen LogP contribution is 2.12. The minimum atomic E-state index is -3.37. The lowest BCUT2D eigenvalue weighted by atomic mass is 10.1. The van der Waals surface area contributed by atoms with Crippen LogP contribution in [0.3, 0.4) is 0 Å². The van der Waals surface area contributed by atoms with Crippen LogP contribution in [0, 0.1) is 0 Å². The summed E-state index contributed by atoms with van der Waals surface area (Å²) in [5.74, 6) is -1.18. The highest BCUT2D eigenvalue weighted by molar-refractivity contribution is 7.92. The fraction of sp³-hybridized carbons (Fsp3) is 0.467. The van der Waals surface area contributed by atoms with Crippen LogP contribution >= 0.6 is 0 Å². The number of hydrogen-bond acceptors (Lipinski definition) is 5. The Bertz CT molecular complexity index is 657. The molecular weight excluding hydrogens is 336 g/mol. The highest BCUT2D eigenvalue weighted by atomic mass is 32.2. The lowest BCUT2D eigenvalue weighted by Crippen LogP contribution is -2.42. The molecule has 3 N–H and O–H groups in total. The summed E-state index contributed by atoms with van der Waals surface area (Å²) in [6, 6.07) is 5.10. The van der Waals surface area contributed by atoms with Crippen molar-refractivity contribution in [2.75, 3.05) is 17.6 Å². The minimum Gasteiger partial charge on any atom is -0.480 e. The van der Waals surface area contributed by atoms with Gasteiger partial charge in [-0.05, 0) is 24.1 Å². The molecule has 8 nitrogen and oxygen atoms in total. The second-order valence-corrected chi connectivity index (χ2v) is 7.05. The molecule has 0 radical (unpaired) electrons. The van der Waals surface area contributed by atoms with Crippen molar-refractivity contribution < 1.29 is 27.9 Å². The Labute approximate surface area is 141 Å². The molecule has 0 aromatic heterocycles. The third kappa shape index (κ3) is 7.82. The normalized spacial score (nSPS) is 12.2. The third-order valence-electron chi connectivity index (χ3n) is 3.02. The van der Waals surface area contributed by atoms with E-state index in [0.717, 1.165) is 12.7 Å². The number of benzene rings is 1. The molecule has 1 unspecified atom stereocenters. The Hall–Kier alpha value is -2.29. The standard InChI is InChI=1S/C15H22N2O6S/c1-3-4-9-23-15(20)16-13(14(18)19)10-11-5-7-12(8-6-11)17-24(2,21)22/h5-8,13,17H,3-4,9-10H2,1-2H3,(H,16,20)(H,18,19). The van der Waals surface area contributed by atoms with Gasteiger partial charge in [0, 0.05) is 12.1 Å². The van der Waals surface area contributed by atoms with Crippen molar-refractivity contribution >= 4 is 27.8 Å². The van der Waals surface area contributed by atoms with Crippen LogP contribution in [0.1, 0.15) is 25.3 Å². The van der Waals surface area contributed by atoms with Crippen LogP contribution in [0.4, 0.5) is 10.5 Å². The van der Waals surface area contributed by atoms with Crippen molar-refractivity contribution in [2.24, 2.45) is 0 Å². The van der Waals surface area contributed by atoms with Crippen molar-refractivity contribution in [1.29, 1.82) is 0 Å². The molecule has 24 heavy (non-hydrogen) atoms. The van der Waals surface area contributed by atoms with E-state index in [4.69, 9.17) is 4.74 Å². The average Bonchev–Trinajstić information content (AvgIpc) is 2.47. The number of carbonyl (C=O) groups is 2. The number of amides is 1. The smallest absolute Gasteiger partial charge is 0.407 e. The Morgan fingerprint density at radius 3 is 2.38 bits per heavy atom. The molecule has 0 heterocycles. The molecule has 0 aliphatic heterocycles. The summed E-state index contributed by atoms with van der Waals surface area (Å²) in [5.41, 5.74) is 1.01. The van der Waals surface area contributed by atoms with Gasteiger partial charge in [0.2, 0.25) is 10.0 Å². The fourth-order valence-corrected chi connectivity index (χ4v) is 2.42. The molecule has 0 fully saturated rings. The van der Waals surface area contributed by atoms with Crippen LogP contribution in [-0.4, -0.2) is 44.5 Å². The van der Waals surface area contributed by atoms with Gasteiger partial charge < -0.3 is 15.2 Å². The number of rotatable bonds is 9. The van der Waals surface area contributed by atoms with Crippen molar-refractivity contribution in [1.82, 2.24) is 5.32 Å². The van der Waals surface area contributed by atoms with Crippen LogP contribution in [0.15, 0.2) is 24.3 Å².